The summed E-state index contributed by atoms with van der Waals surface area (Å²) in [6.07, 6.45) is 4.05. The van der Waals surface area contributed by atoms with Crippen LogP contribution in [0, 0.1) is 5.92 Å². The van der Waals surface area contributed by atoms with Crippen LogP contribution < -0.4 is 20.1 Å². The summed E-state index contributed by atoms with van der Waals surface area (Å²) >= 11 is 0. The molecule has 0 saturated carbocycles. The number of nitrogens with one attached hydrogen (secondary N) is 2. The first-order chi connectivity index (χ1) is 14.4. The van der Waals surface area contributed by atoms with Crippen LogP contribution in [0.5, 0.6) is 11.5 Å². The molecule has 0 bridgehead atoms. The maximum absolute atomic E-state index is 13.1. The van der Waals surface area contributed by atoms with E-state index in [0.717, 1.165) is 31.4 Å². The number of amides is 2. The Morgan fingerprint density at radius 2 is 1.67 bits per heavy atom. The molecule has 0 spiro atoms. The van der Waals surface area contributed by atoms with Gasteiger partial charge in [0.15, 0.2) is 0 Å². The molecule has 30 heavy (non-hydrogen) atoms. The monoisotopic (exact) mass is 410 g/mol. The number of anilines is 1. The van der Waals surface area contributed by atoms with Gasteiger partial charge in [0.25, 0.3) is 5.91 Å². The van der Waals surface area contributed by atoms with Gasteiger partial charge in [0.2, 0.25) is 5.91 Å². The van der Waals surface area contributed by atoms with Crippen molar-refractivity contribution < 1.29 is 19.1 Å². The first-order valence-electron chi connectivity index (χ1n) is 10.4. The normalized spacial score (nSPS) is 14.4. The Morgan fingerprint density at radius 3 is 2.30 bits per heavy atom. The van der Waals surface area contributed by atoms with E-state index in [2.05, 4.69) is 16.7 Å². The molecule has 6 nitrogen and oxygen atoms in total. The molecule has 1 aliphatic carbocycles. The Labute approximate surface area is 178 Å². The van der Waals surface area contributed by atoms with E-state index in [1.165, 1.54) is 25.3 Å². The number of methoxy groups -OCH3 is 2. The summed E-state index contributed by atoms with van der Waals surface area (Å²) in [5.74, 6) is 0.437. The fourth-order valence-electron chi connectivity index (χ4n) is 3.73. The molecule has 0 fully saturated rings. The van der Waals surface area contributed by atoms with Crippen LogP contribution in [0.25, 0.3) is 0 Å². The molecule has 0 aliphatic heterocycles. The van der Waals surface area contributed by atoms with Gasteiger partial charge in [-0.2, -0.15) is 0 Å². The number of carbonyl (C=O) groups excluding carboxylic acids is 2. The van der Waals surface area contributed by atoms with Gasteiger partial charge in [-0.3, -0.25) is 9.59 Å². The molecule has 0 unspecified atom stereocenters. The summed E-state index contributed by atoms with van der Waals surface area (Å²) in [5, 5.41) is 5.88. The fraction of sp³-hybridized carbons (Fsp3) is 0.417. The molecule has 2 N–H and O–H groups in total. The van der Waals surface area contributed by atoms with E-state index in [-0.39, 0.29) is 17.7 Å². The lowest BCUT2D eigenvalue weighted by Gasteiger charge is -2.24. The zero-order valence-electron chi connectivity index (χ0n) is 18.1. The first kappa shape index (κ1) is 21.7. The van der Waals surface area contributed by atoms with Crippen LogP contribution in [0.3, 0.4) is 0 Å². The molecule has 0 aromatic heterocycles. The van der Waals surface area contributed by atoms with E-state index in [0.29, 0.717) is 17.1 Å². The average Bonchev–Trinajstić information content (AvgIpc) is 3.24. The minimum absolute atomic E-state index is 0.0316. The summed E-state index contributed by atoms with van der Waals surface area (Å²) in [6.45, 7) is 3.96. The quantitative estimate of drug-likeness (QED) is 0.690. The van der Waals surface area contributed by atoms with Crippen molar-refractivity contribution in [2.75, 3.05) is 19.5 Å². The Kier molecular flexibility index (Phi) is 6.98. The first-order valence-corrected chi connectivity index (χ1v) is 10.4. The smallest absolute Gasteiger partial charge is 0.252 e. The van der Waals surface area contributed by atoms with Gasteiger partial charge in [-0.15, -0.1) is 0 Å². The van der Waals surface area contributed by atoms with Crippen molar-refractivity contribution in [2.45, 2.75) is 45.6 Å². The third kappa shape index (κ3) is 4.93. The Balaban J connectivity index is 1.77. The van der Waals surface area contributed by atoms with Gasteiger partial charge in [-0.05, 0) is 60.6 Å². The van der Waals surface area contributed by atoms with Crippen LogP contribution >= 0.6 is 0 Å². The number of aryl methyl sites for hydroxylation is 2. The third-order valence-corrected chi connectivity index (χ3v) is 5.76. The summed E-state index contributed by atoms with van der Waals surface area (Å²) < 4.78 is 10.5. The number of benzene rings is 2. The second-order valence-corrected chi connectivity index (χ2v) is 7.76. The van der Waals surface area contributed by atoms with Crippen molar-refractivity contribution in [1.82, 2.24) is 5.32 Å². The highest BCUT2D eigenvalue weighted by atomic mass is 16.5. The molecule has 3 rings (SSSR count). The predicted molar refractivity (Wildman–Crippen MR) is 117 cm³/mol. The maximum Gasteiger partial charge on any atom is 0.252 e. The van der Waals surface area contributed by atoms with E-state index in [4.69, 9.17) is 9.47 Å². The van der Waals surface area contributed by atoms with Gasteiger partial charge in [0.05, 0.1) is 14.2 Å². The molecule has 0 radical (unpaired) electrons. The van der Waals surface area contributed by atoms with Gasteiger partial charge in [-0.25, -0.2) is 0 Å². The molecule has 6 heteroatoms. The highest BCUT2D eigenvalue weighted by Crippen LogP contribution is 2.26. The molecular formula is C24H30N2O4. The Bertz CT molecular complexity index is 903. The summed E-state index contributed by atoms with van der Waals surface area (Å²) in [4.78, 5) is 26.0. The zero-order valence-corrected chi connectivity index (χ0v) is 18.1. The molecule has 2 aromatic rings. The molecular weight excluding hydrogens is 380 g/mol. The maximum atomic E-state index is 13.1. The second-order valence-electron chi connectivity index (χ2n) is 7.76. The van der Waals surface area contributed by atoms with Crippen LogP contribution in [0.4, 0.5) is 5.69 Å². The van der Waals surface area contributed by atoms with Crippen molar-refractivity contribution in [2.24, 2.45) is 5.92 Å². The summed E-state index contributed by atoms with van der Waals surface area (Å²) in [7, 11) is 3.06. The molecule has 160 valence electrons. The highest BCUT2D eigenvalue weighted by Gasteiger charge is 2.27. The minimum atomic E-state index is -0.659. The molecule has 2 atom stereocenters. The number of hydrogen-bond acceptors (Lipinski definition) is 4. The lowest BCUT2D eigenvalue weighted by atomic mass is 9.97. The largest absolute Gasteiger partial charge is 0.497 e. The van der Waals surface area contributed by atoms with Crippen LogP contribution in [-0.4, -0.2) is 32.1 Å². The summed E-state index contributed by atoms with van der Waals surface area (Å²) in [5.41, 5.74) is 3.79. The minimum Gasteiger partial charge on any atom is -0.497 e. The van der Waals surface area contributed by atoms with E-state index in [1.807, 2.05) is 26.0 Å². The van der Waals surface area contributed by atoms with Crippen molar-refractivity contribution in [3.63, 3.8) is 0 Å². The van der Waals surface area contributed by atoms with Gasteiger partial charge >= 0.3 is 0 Å². The molecule has 0 saturated heterocycles. The van der Waals surface area contributed by atoms with Crippen molar-refractivity contribution in [3.05, 3.63) is 53.1 Å². The van der Waals surface area contributed by atoms with Crippen LogP contribution in [0.15, 0.2) is 36.4 Å². The second kappa shape index (κ2) is 9.65. The molecule has 2 amide bonds. The SMILES string of the molecule is CC[C@H](C)[C@H](NC(=O)c1cc(OC)cc(OC)c1)C(=O)Nc1ccc2c(c1)CCC2. The van der Waals surface area contributed by atoms with Crippen LogP contribution in [-0.2, 0) is 17.6 Å². The number of rotatable bonds is 8. The van der Waals surface area contributed by atoms with Gasteiger partial charge in [0, 0.05) is 17.3 Å². The number of ether oxygens (including phenoxy) is 2. The number of carbonyl (C=O) groups is 2. The van der Waals surface area contributed by atoms with E-state index in [9.17, 15) is 9.59 Å². The van der Waals surface area contributed by atoms with E-state index < -0.39 is 6.04 Å². The Hall–Kier alpha value is -3.02. The lowest BCUT2D eigenvalue weighted by molar-refractivity contribution is -0.119. The fourth-order valence-corrected chi connectivity index (χ4v) is 3.73. The predicted octanol–water partition coefficient (Wildman–Crippen LogP) is 3.98. The average molecular weight is 411 g/mol. The van der Waals surface area contributed by atoms with Crippen molar-refractivity contribution >= 4 is 17.5 Å². The molecule has 0 heterocycles. The van der Waals surface area contributed by atoms with Gasteiger partial charge in [-0.1, -0.05) is 26.3 Å². The van der Waals surface area contributed by atoms with Crippen LogP contribution in [0.1, 0.15) is 48.2 Å². The number of hydrogen-bond donors (Lipinski definition) is 2. The standard InChI is InChI=1S/C24H30N2O4/c1-5-15(2)22(24(28)25-19-10-9-16-7-6-8-17(16)11-19)26-23(27)18-12-20(29-3)14-21(13-18)30-4/h9-15,22H,5-8H2,1-4H3,(H,25,28)(H,26,27)/t15-,22-/m0/s1. The third-order valence-electron chi connectivity index (χ3n) is 5.76. The molecule has 2 aromatic carbocycles. The van der Waals surface area contributed by atoms with Crippen molar-refractivity contribution in [1.29, 1.82) is 0 Å². The molecule has 1 aliphatic rings. The zero-order chi connectivity index (χ0) is 21.7. The Morgan fingerprint density at radius 1 is 1.00 bits per heavy atom. The van der Waals surface area contributed by atoms with Crippen LogP contribution in [0.2, 0.25) is 0 Å². The summed E-state index contributed by atoms with van der Waals surface area (Å²) in [6, 6.07) is 10.4. The topological polar surface area (TPSA) is 76.7 Å². The van der Waals surface area contributed by atoms with E-state index >= 15 is 0 Å². The lowest BCUT2D eigenvalue weighted by Crippen LogP contribution is -2.47. The van der Waals surface area contributed by atoms with Crippen molar-refractivity contribution in [3.8, 4) is 11.5 Å². The van der Waals surface area contributed by atoms with Gasteiger partial charge < -0.3 is 20.1 Å². The highest BCUT2D eigenvalue weighted by molar-refractivity contribution is 6.01. The van der Waals surface area contributed by atoms with Gasteiger partial charge in [0.1, 0.15) is 17.5 Å². The number of fused-ring (bicyclic) bond motifs is 1. The van der Waals surface area contributed by atoms with E-state index in [1.54, 1.807) is 18.2 Å².